The normalized spacial score (nSPS) is 20.4. The largest absolute Gasteiger partial charge is 0.344 e. The monoisotopic (exact) mass is 333 g/mol. The maximum Gasteiger partial charge on any atom is 0.249 e. The van der Waals surface area contributed by atoms with Crippen molar-refractivity contribution in [1.82, 2.24) is 9.88 Å². The number of carbonyl (C=O) groups is 1. The fourth-order valence-corrected chi connectivity index (χ4v) is 3.00. The van der Waals surface area contributed by atoms with Gasteiger partial charge in [-0.05, 0) is 42.5 Å². The van der Waals surface area contributed by atoms with Gasteiger partial charge in [0.15, 0.2) is 0 Å². The first-order valence-corrected chi connectivity index (χ1v) is 8.21. The van der Waals surface area contributed by atoms with Crippen molar-refractivity contribution in [2.24, 2.45) is 0 Å². The molecular formula is C18H21F2N3O. The summed E-state index contributed by atoms with van der Waals surface area (Å²) in [5.41, 5.74) is 2.87. The second kappa shape index (κ2) is 6.71. The van der Waals surface area contributed by atoms with Crippen molar-refractivity contribution in [2.45, 2.75) is 38.0 Å². The Kier molecular flexibility index (Phi) is 4.64. The second-order valence-corrected chi connectivity index (χ2v) is 6.37. The lowest BCUT2D eigenvalue weighted by Crippen LogP contribution is -2.31. The number of aromatic nitrogens is 1. The van der Waals surface area contributed by atoms with E-state index in [9.17, 15) is 13.6 Å². The Morgan fingerprint density at radius 2 is 2.17 bits per heavy atom. The van der Waals surface area contributed by atoms with Crippen LogP contribution in [0.3, 0.4) is 0 Å². The van der Waals surface area contributed by atoms with Crippen molar-refractivity contribution in [3.05, 3.63) is 41.7 Å². The number of anilines is 1. The summed E-state index contributed by atoms with van der Waals surface area (Å²) in [5.74, 6) is -2.07. The van der Waals surface area contributed by atoms with E-state index in [0.29, 0.717) is 13.0 Å². The molecule has 0 atom stereocenters. The van der Waals surface area contributed by atoms with Gasteiger partial charge in [0.2, 0.25) is 11.8 Å². The molecule has 1 amide bonds. The number of aryl methyl sites for hydroxylation is 1. The van der Waals surface area contributed by atoms with E-state index >= 15 is 0 Å². The number of amides is 1. The summed E-state index contributed by atoms with van der Waals surface area (Å²) in [7, 11) is 0. The Labute approximate surface area is 140 Å². The van der Waals surface area contributed by atoms with Gasteiger partial charge in [-0.15, -0.1) is 0 Å². The third-order valence-corrected chi connectivity index (χ3v) is 4.43. The molecule has 0 radical (unpaired) electrons. The summed E-state index contributed by atoms with van der Waals surface area (Å²) >= 11 is 0. The van der Waals surface area contributed by atoms with Crippen molar-refractivity contribution in [1.29, 1.82) is 0 Å². The van der Waals surface area contributed by atoms with Gasteiger partial charge in [-0.3, -0.25) is 4.79 Å². The minimum atomic E-state index is -2.65. The highest BCUT2D eigenvalue weighted by atomic mass is 19.3. The molecular weight excluding hydrogens is 312 g/mol. The first kappa shape index (κ1) is 16.6. The van der Waals surface area contributed by atoms with Crippen LogP contribution in [-0.4, -0.2) is 34.8 Å². The standard InChI is InChI=1S/C18H21F2N3O/c1-13-3-5-15-11-14(12-21-17(15)22-13)4-6-16(24)23-9-2-7-18(19,20)8-10-23/h4,6,11-12H,1-3,5,7-10H2,(H,21,22)/b6-4+. The van der Waals surface area contributed by atoms with E-state index in [-0.39, 0.29) is 25.3 Å². The molecule has 0 bridgehead atoms. The average Bonchev–Trinajstić information content (AvgIpc) is 2.73. The van der Waals surface area contributed by atoms with Gasteiger partial charge in [-0.2, -0.15) is 0 Å². The number of fused-ring (bicyclic) bond motifs is 1. The van der Waals surface area contributed by atoms with Crippen LogP contribution in [0.1, 0.15) is 36.8 Å². The predicted octanol–water partition coefficient (Wildman–Crippen LogP) is 3.61. The van der Waals surface area contributed by atoms with Gasteiger partial charge in [0.25, 0.3) is 0 Å². The van der Waals surface area contributed by atoms with E-state index in [1.54, 1.807) is 12.3 Å². The molecule has 4 nitrogen and oxygen atoms in total. The minimum absolute atomic E-state index is 0.102. The highest BCUT2D eigenvalue weighted by molar-refractivity contribution is 5.91. The molecule has 0 aliphatic carbocycles. The number of allylic oxidation sites excluding steroid dienone is 1. The molecule has 24 heavy (non-hydrogen) atoms. The zero-order chi connectivity index (χ0) is 17.2. The number of alkyl halides is 2. The number of pyridine rings is 1. The van der Waals surface area contributed by atoms with E-state index < -0.39 is 5.92 Å². The quantitative estimate of drug-likeness (QED) is 0.841. The predicted molar refractivity (Wildman–Crippen MR) is 89.7 cm³/mol. The van der Waals surface area contributed by atoms with Crippen molar-refractivity contribution < 1.29 is 13.6 Å². The van der Waals surface area contributed by atoms with Crippen LogP contribution in [0.2, 0.25) is 0 Å². The molecule has 1 saturated heterocycles. The Morgan fingerprint density at radius 3 is 3.00 bits per heavy atom. The van der Waals surface area contributed by atoms with Gasteiger partial charge in [0.1, 0.15) is 5.82 Å². The number of hydrogen-bond donors (Lipinski definition) is 1. The topological polar surface area (TPSA) is 45.2 Å². The van der Waals surface area contributed by atoms with Crippen molar-refractivity contribution in [3.63, 3.8) is 0 Å². The van der Waals surface area contributed by atoms with E-state index in [1.165, 1.54) is 11.0 Å². The Hall–Kier alpha value is -2.24. The van der Waals surface area contributed by atoms with Crippen LogP contribution in [0.5, 0.6) is 0 Å². The molecule has 1 N–H and O–H groups in total. The Morgan fingerprint density at radius 1 is 1.33 bits per heavy atom. The summed E-state index contributed by atoms with van der Waals surface area (Å²) in [6, 6.07) is 1.99. The van der Waals surface area contributed by atoms with Gasteiger partial charge in [0, 0.05) is 43.9 Å². The van der Waals surface area contributed by atoms with E-state index in [0.717, 1.165) is 35.5 Å². The van der Waals surface area contributed by atoms with Gasteiger partial charge in [-0.1, -0.05) is 6.58 Å². The number of rotatable bonds is 2. The van der Waals surface area contributed by atoms with Crippen LogP contribution in [0, 0.1) is 0 Å². The van der Waals surface area contributed by atoms with Gasteiger partial charge in [0.05, 0.1) is 0 Å². The Bertz CT molecular complexity index is 685. The van der Waals surface area contributed by atoms with Crippen molar-refractivity contribution >= 4 is 17.8 Å². The van der Waals surface area contributed by atoms with E-state index in [4.69, 9.17) is 0 Å². The summed E-state index contributed by atoms with van der Waals surface area (Å²) in [4.78, 5) is 18.1. The molecule has 0 saturated carbocycles. The van der Waals surface area contributed by atoms with Crippen molar-refractivity contribution in [3.8, 4) is 0 Å². The maximum atomic E-state index is 13.4. The van der Waals surface area contributed by atoms with Crippen LogP contribution in [0.4, 0.5) is 14.6 Å². The molecule has 128 valence electrons. The summed E-state index contributed by atoms with van der Waals surface area (Å²) in [6.45, 7) is 4.38. The summed E-state index contributed by atoms with van der Waals surface area (Å²) < 4.78 is 26.7. The first-order chi connectivity index (χ1) is 11.4. The molecule has 1 fully saturated rings. The van der Waals surface area contributed by atoms with Crippen LogP contribution in [0.15, 0.2) is 30.6 Å². The van der Waals surface area contributed by atoms with Gasteiger partial charge in [-0.25, -0.2) is 13.8 Å². The number of nitrogens with zero attached hydrogens (tertiary/aromatic N) is 2. The lowest BCUT2D eigenvalue weighted by Gasteiger charge is -2.19. The third-order valence-electron chi connectivity index (χ3n) is 4.43. The van der Waals surface area contributed by atoms with Crippen LogP contribution < -0.4 is 5.32 Å². The number of halogens is 2. The molecule has 0 aromatic carbocycles. The van der Waals surface area contributed by atoms with E-state index in [1.807, 2.05) is 6.07 Å². The fraction of sp³-hybridized carbons (Fsp3) is 0.444. The molecule has 2 aliphatic heterocycles. The molecule has 2 aliphatic rings. The molecule has 0 unspecified atom stereocenters. The summed E-state index contributed by atoms with van der Waals surface area (Å²) in [6.07, 6.45) is 6.49. The van der Waals surface area contributed by atoms with Crippen LogP contribution in [0.25, 0.3) is 6.08 Å². The highest BCUT2D eigenvalue weighted by Gasteiger charge is 2.32. The van der Waals surface area contributed by atoms with Gasteiger partial charge >= 0.3 is 0 Å². The lowest BCUT2D eigenvalue weighted by atomic mass is 10.0. The second-order valence-electron chi connectivity index (χ2n) is 6.37. The number of hydrogen-bond acceptors (Lipinski definition) is 3. The van der Waals surface area contributed by atoms with Crippen molar-refractivity contribution in [2.75, 3.05) is 18.4 Å². The van der Waals surface area contributed by atoms with Crippen LogP contribution in [-0.2, 0) is 11.2 Å². The number of likely N-dealkylation sites (tertiary alicyclic amines) is 1. The summed E-state index contributed by atoms with van der Waals surface area (Å²) in [5, 5.41) is 3.14. The van der Waals surface area contributed by atoms with E-state index in [2.05, 4.69) is 16.9 Å². The molecule has 0 spiro atoms. The molecule has 3 rings (SSSR count). The van der Waals surface area contributed by atoms with Crippen LogP contribution >= 0.6 is 0 Å². The number of carbonyl (C=O) groups excluding carboxylic acids is 1. The zero-order valence-electron chi connectivity index (χ0n) is 13.5. The van der Waals surface area contributed by atoms with Gasteiger partial charge < -0.3 is 10.2 Å². The molecule has 3 heterocycles. The lowest BCUT2D eigenvalue weighted by molar-refractivity contribution is -0.126. The Balaban J connectivity index is 1.65. The highest BCUT2D eigenvalue weighted by Crippen LogP contribution is 2.28. The number of nitrogens with one attached hydrogen (secondary N) is 1. The maximum absolute atomic E-state index is 13.4. The fourth-order valence-electron chi connectivity index (χ4n) is 3.00. The average molecular weight is 333 g/mol. The smallest absolute Gasteiger partial charge is 0.249 e. The first-order valence-electron chi connectivity index (χ1n) is 8.21. The zero-order valence-corrected chi connectivity index (χ0v) is 13.5. The molecule has 1 aromatic heterocycles. The SMILES string of the molecule is C=C1CCc2cc(/C=C/C(=O)N3CCCC(F)(F)CC3)cnc2N1. The minimum Gasteiger partial charge on any atom is -0.344 e. The third kappa shape index (κ3) is 3.99. The molecule has 6 heteroatoms. The molecule has 1 aromatic rings.